The van der Waals surface area contributed by atoms with Crippen molar-refractivity contribution in [3.8, 4) is 17.1 Å². The molecular formula is C22H20ClN5O2. The monoisotopic (exact) mass is 421 g/mol. The number of aryl methyl sites for hydroxylation is 3. The highest BCUT2D eigenvalue weighted by molar-refractivity contribution is 6.31. The van der Waals surface area contributed by atoms with Crippen molar-refractivity contribution >= 4 is 23.2 Å². The maximum atomic E-state index is 12.9. The van der Waals surface area contributed by atoms with Crippen LogP contribution in [0.5, 0.6) is 0 Å². The average Bonchev–Trinajstić information content (AvgIpc) is 3.31. The van der Waals surface area contributed by atoms with E-state index >= 15 is 0 Å². The van der Waals surface area contributed by atoms with Gasteiger partial charge < -0.3 is 9.84 Å². The molecule has 0 aliphatic carbocycles. The highest BCUT2D eigenvalue weighted by Crippen LogP contribution is 2.25. The third-order valence-electron chi connectivity index (χ3n) is 4.90. The number of nitrogens with one attached hydrogen (secondary N) is 1. The molecule has 8 heteroatoms. The van der Waals surface area contributed by atoms with Crippen molar-refractivity contribution < 1.29 is 9.32 Å². The smallest absolute Gasteiger partial charge is 0.259 e. The number of benzene rings is 2. The summed E-state index contributed by atoms with van der Waals surface area (Å²) in [6.07, 6.45) is 1.72. The van der Waals surface area contributed by atoms with Crippen LogP contribution in [0.1, 0.15) is 33.1 Å². The van der Waals surface area contributed by atoms with Gasteiger partial charge in [-0.2, -0.15) is 10.1 Å². The van der Waals surface area contributed by atoms with Crippen molar-refractivity contribution in [2.45, 2.75) is 27.7 Å². The van der Waals surface area contributed by atoms with Crippen LogP contribution in [0.4, 0.5) is 5.69 Å². The van der Waals surface area contributed by atoms with E-state index in [-0.39, 0.29) is 5.91 Å². The van der Waals surface area contributed by atoms with Gasteiger partial charge in [-0.1, -0.05) is 35.0 Å². The Labute approximate surface area is 178 Å². The molecule has 2 aromatic carbocycles. The Morgan fingerprint density at radius 2 is 1.93 bits per heavy atom. The van der Waals surface area contributed by atoms with E-state index in [9.17, 15) is 4.79 Å². The van der Waals surface area contributed by atoms with Gasteiger partial charge in [0.1, 0.15) is 0 Å². The Bertz CT molecular complexity index is 1260. The first-order valence-corrected chi connectivity index (χ1v) is 9.75. The third kappa shape index (κ3) is 3.71. The van der Waals surface area contributed by atoms with Crippen LogP contribution >= 0.6 is 11.6 Å². The molecule has 4 rings (SSSR count). The van der Waals surface area contributed by atoms with E-state index in [0.29, 0.717) is 33.7 Å². The van der Waals surface area contributed by atoms with Gasteiger partial charge >= 0.3 is 0 Å². The SMILES string of the molecule is Cc1nc(-c2ccc(C)c(-n3cc(C(=O)Nc4cccc(Cl)c4C)c(C)n3)c2)no1. The molecule has 0 saturated carbocycles. The molecule has 0 bridgehead atoms. The van der Waals surface area contributed by atoms with Gasteiger partial charge in [-0.25, -0.2) is 4.68 Å². The summed E-state index contributed by atoms with van der Waals surface area (Å²) in [5.41, 5.74) is 5.22. The number of nitrogens with zero attached hydrogens (tertiary/aromatic N) is 4. The zero-order chi connectivity index (χ0) is 21.4. The van der Waals surface area contributed by atoms with Crippen LogP contribution in [0.2, 0.25) is 5.02 Å². The number of carbonyl (C=O) groups is 1. The Balaban J connectivity index is 1.67. The van der Waals surface area contributed by atoms with Crippen molar-refractivity contribution in [2.24, 2.45) is 0 Å². The summed E-state index contributed by atoms with van der Waals surface area (Å²) >= 11 is 6.16. The van der Waals surface area contributed by atoms with E-state index in [1.807, 2.05) is 38.1 Å². The highest BCUT2D eigenvalue weighted by atomic mass is 35.5. The summed E-state index contributed by atoms with van der Waals surface area (Å²) in [7, 11) is 0. The summed E-state index contributed by atoms with van der Waals surface area (Å²) < 4.78 is 6.77. The number of rotatable bonds is 4. The van der Waals surface area contributed by atoms with Gasteiger partial charge in [-0.05, 0) is 50.1 Å². The van der Waals surface area contributed by atoms with E-state index in [2.05, 4.69) is 20.6 Å². The number of hydrogen-bond acceptors (Lipinski definition) is 5. The van der Waals surface area contributed by atoms with E-state index < -0.39 is 0 Å². The number of halogens is 1. The second-order valence-electron chi connectivity index (χ2n) is 7.08. The summed E-state index contributed by atoms with van der Waals surface area (Å²) in [6.45, 7) is 7.39. The molecule has 1 amide bonds. The standard InChI is InChI=1S/C22H20ClN5O2/c1-12-8-9-16(21-24-15(4)30-27-21)10-20(12)28-11-17(14(3)26-28)22(29)25-19-7-5-6-18(23)13(19)2/h5-11H,1-4H3,(H,25,29). The number of carbonyl (C=O) groups excluding carboxylic acids is 1. The van der Waals surface area contributed by atoms with E-state index in [1.165, 1.54) is 0 Å². The molecule has 152 valence electrons. The molecule has 0 aliphatic heterocycles. The van der Waals surface area contributed by atoms with E-state index in [1.54, 1.807) is 36.9 Å². The minimum atomic E-state index is -0.244. The number of aromatic nitrogens is 4. The molecule has 2 heterocycles. The lowest BCUT2D eigenvalue weighted by Gasteiger charge is -2.09. The normalized spacial score (nSPS) is 11.0. The molecule has 4 aromatic rings. The lowest BCUT2D eigenvalue weighted by atomic mass is 10.1. The van der Waals surface area contributed by atoms with Crippen LogP contribution in [0, 0.1) is 27.7 Å². The molecule has 1 N–H and O–H groups in total. The molecule has 30 heavy (non-hydrogen) atoms. The summed E-state index contributed by atoms with van der Waals surface area (Å²) in [6, 6.07) is 11.2. The quantitative estimate of drug-likeness (QED) is 0.497. The molecule has 7 nitrogen and oxygen atoms in total. The lowest BCUT2D eigenvalue weighted by Crippen LogP contribution is -2.13. The van der Waals surface area contributed by atoms with Crippen LogP contribution in [-0.2, 0) is 0 Å². The molecular weight excluding hydrogens is 402 g/mol. The molecule has 0 unspecified atom stereocenters. The minimum absolute atomic E-state index is 0.244. The molecule has 0 fully saturated rings. The first kappa shape index (κ1) is 19.8. The summed E-state index contributed by atoms with van der Waals surface area (Å²) in [4.78, 5) is 17.2. The third-order valence-corrected chi connectivity index (χ3v) is 5.31. The first-order chi connectivity index (χ1) is 14.3. The number of amides is 1. The number of hydrogen-bond donors (Lipinski definition) is 1. The fourth-order valence-electron chi connectivity index (χ4n) is 3.15. The highest BCUT2D eigenvalue weighted by Gasteiger charge is 2.17. The van der Waals surface area contributed by atoms with Crippen molar-refractivity contribution in [3.63, 3.8) is 0 Å². The van der Waals surface area contributed by atoms with Crippen molar-refractivity contribution in [2.75, 3.05) is 5.32 Å². The van der Waals surface area contributed by atoms with Gasteiger partial charge in [0, 0.05) is 29.4 Å². The van der Waals surface area contributed by atoms with Gasteiger partial charge in [0.25, 0.3) is 5.91 Å². The second-order valence-corrected chi connectivity index (χ2v) is 7.48. The Hall–Kier alpha value is -3.45. The second kappa shape index (κ2) is 7.76. The zero-order valence-electron chi connectivity index (χ0n) is 17.0. The summed E-state index contributed by atoms with van der Waals surface area (Å²) in [5.74, 6) is 0.760. The van der Waals surface area contributed by atoms with Crippen molar-refractivity contribution in [1.29, 1.82) is 0 Å². The average molecular weight is 422 g/mol. The zero-order valence-corrected chi connectivity index (χ0v) is 17.8. The van der Waals surface area contributed by atoms with Gasteiger partial charge in [0.15, 0.2) is 0 Å². The molecule has 2 aromatic heterocycles. The molecule has 0 saturated heterocycles. The predicted molar refractivity (Wildman–Crippen MR) is 115 cm³/mol. The van der Waals surface area contributed by atoms with Crippen LogP contribution in [0.3, 0.4) is 0 Å². The topological polar surface area (TPSA) is 85.8 Å². The van der Waals surface area contributed by atoms with Crippen LogP contribution < -0.4 is 5.32 Å². The van der Waals surface area contributed by atoms with Crippen molar-refractivity contribution in [1.82, 2.24) is 19.9 Å². The Kier molecular flexibility index (Phi) is 5.13. The van der Waals surface area contributed by atoms with Crippen LogP contribution in [0.25, 0.3) is 17.1 Å². The molecule has 0 aliphatic rings. The molecule has 0 atom stereocenters. The Morgan fingerprint density at radius 1 is 1.13 bits per heavy atom. The first-order valence-electron chi connectivity index (χ1n) is 9.38. The minimum Gasteiger partial charge on any atom is -0.339 e. The summed E-state index contributed by atoms with van der Waals surface area (Å²) in [5, 5.41) is 12.0. The van der Waals surface area contributed by atoms with Gasteiger partial charge in [-0.3, -0.25) is 4.79 Å². The molecule has 0 radical (unpaired) electrons. The maximum Gasteiger partial charge on any atom is 0.259 e. The fourth-order valence-corrected chi connectivity index (χ4v) is 3.33. The van der Waals surface area contributed by atoms with E-state index in [4.69, 9.17) is 16.1 Å². The van der Waals surface area contributed by atoms with E-state index in [0.717, 1.165) is 22.4 Å². The van der Waals surface area contributed by atoms with Gasteiger partial charge in [0.2, 0.25) is 11.7 Å². The fraction of sp³-hybridized carbons (Fsp3) is 0.182. The lowest BCUT2D eigenvalue weighted by molar-refractivity contribution is 0.102. The Morgan fingerprint density at radius 3 is 2.67 bits per heavy atom. The van der Waals surface area contributed by atoms with Crippen molar-refractivity contribution in [3.05, 3.63) is 75.9 Å². The van der Waals surface area contributed by atoms with Gasteiger partial charge in [0.05, 0.1) is 16.9 Å². The van der Waals surface area contributed by atoms with Gasteiger partial charge in [-0.15, -0.1) is 0 Å². The predicted octanol–water partition coefficient (Wildman–Crippen LogP) is 5.06. The maximum absolute atomic E-state index is 12.9. The van der Waals surface area contributed by atoms with Crippen LogP contribution in [-0.4, -0.2) is 25.8 Å². The van der Waals surface area contributed by atoms with Crippen LogP contribution in [0.15, 0.2) is 47.1 Å². The largest absolute Gasteiger partial charge is 0.339 e. The number of anilines is 1. The molecule has 0 spiro atoms.